The van der Waals surface area contributed by atoms with Gasteiger partial charge in [0.05, 0.1) is 19.1 Å². The molecule has 0 saturated heterocycles. The highest BCUT2D eigenvalue weighted by Gasteiger charge is 2.31. The number of hydrogen-bond acceptors (Lipinski definition) is 7. The lowest BCUT2D eigenvalue weighted by atomic mass is 9.96. The molecular formula is C22H18FN5O3. The monoisotopic (exact) mass is 419 g/mol. The third kappa shape index (κ3) is 2.69. The Labute approximate surface area is 176 Å². The zero-order valence-corrected chi connectivity index (χ0v) is 16.6. The number of hydrogen-bond donors (Lipinski definition) is 2. The summed E-state index contributed by atoms with van der Waals surface area (Å²) in [5.41, 5.74) is 4.28. The molecule has 0 spiro atoms. The van der Waals surface area contributed by atoms with E-state index >= 15 is 0 Å². The number of fused-ring (bicyclic) bond motifs is 3. The van der Waals surface area contributed by atoms with E-state index in [1.807, 2.05) is 13.0 Å². The highest BCUT2D eigenvalue weighted by atomic mass is 19.1. The van der Waals surface area contributed by atoms with Crippen molar-refractivity contribution in [2.75, 3.05) is 18.5 Å². The van der Waals surface area contributed by atoms with Crippen molar-refractivity contribution in [3.8, 4) is 28.5 Å². The summed E-state index contributed by atoms with van der Waals surface area (Å²) in [5, 5.41) is 21.4. The number of anilines is 1. The number of nitrogens with one attached hydrogen (secondary N) is 1. The number of ether oxygens (including phenoxy) is 2. The van der Waals surface area contributed by atoms with Crippen molar-refractivity contribution in [3.05, 3.63) is 59.3 Å². The molecule has 0 saturated carbocycles. The predicted molar refractivity (Wildman–Crippen MR) is 110 cm³/mol. The second-order valence-corrected chi connectivity index (χ2v) is 7.71. The average Bonchev–Trinajstić information content (AvgIpc) is 3.40. The number of pyridine rings is 2. The third-order valence-corrected chi connectivity index (χ3v) is 5.88. The van der Waals surface area contributed by atoms with Crippen LogP contribution in [0, 0.1) is 12.7 Å². The molecule has 2 aliphatic heterocycles. The summed E-state index contributed by atoms with van der Waals surface area (Å²) in [6.07, 6.45) is 1.59. The summed E-state index contributed by atoms with van der Waals surface area (Å²) in [7, 11) is 0. The van der Waals surface area contributed by atoms with Gasteiger partial charge in [-0.05, 0) is 31.2 Å². The van der Waals surface area contributed by atoms with E-state index in [0.29, 0.717) is 47.4 Å². The fraction of sp³-hybridized carbons (Fsp3) is 0.227. The molecule has 31 heavy (non-hydrogen) atoms. The molecule has 0 amide bonds. The molecule has 2 N–H and O–H groups in total. The van der Waals surface area contributed by atoms with Crippen LogP contribution in [0.25, 0.3) is 16.8 Å². The lowest BCUT2D eigenvalue weighted by Crippen LogP contribution is -2.13. The van der Waals surface area contributed by atoms with E-state index in [2.05, 4.69) is 20.5 Å². The number of aromatic nitrogens is 4. The summed E-state index contributed by atoms with van der Waals surface area (Å²) in [6.45, 7) is 2.89. The molecule has 8 nitrogen and oxygen atoms in total. The van der Waals surface area contributed by atoms with Crippen LogP contribution >= 0.6 is 0 Å². The highest BCUT2D eigenvalue weighted by molar-refractivity contribution is 5.83. The van der Waals surface area contributed by atoms with Crippen LogP contribution < -0.4 is 14.8 Å². The summed E-state index contributed by atoms with van der Waals surface area (Å²) < 4.78 is 28.5. The van der Waals surface area contributed by atoms with Crippen LogP contribution in [0.5, 0.6) is 17.4 Å². The second kappa shape index (κ2) is 6.56. The van der Waals surface area contributed by atoms with E-state index in [1.165, 1.54) is 12.1 Å². The SMILES string of the molecule is Cc1nc(O)ccc1-c1cc2c(n3cnnc13)NCc1c(F)ccc3c1[C@@H](CO3)CO2. The van der Waals surface area contributed by atoms with E-state index in [4.69, 9.17) is 9.47 Å². The Bertz CT molecular complexity index is 1350. The minimum atomic E-state index is -0.271. The van der Waals surface area contributed by atoms with Crippen LogP contribution in [0.15, 0.2) is 36.7 Å². The molecule has 4 aromatic rings. The van der Waals surface area contributed by atoms with Crippen molar-refractivity contribution < 1.29 is 19.0 Å². The lowest BCUT2D eigenvalue weighted by molar-refractivity contribution is 0.249. The summed E-state index contributed by atoms with van der Waals surface area (Å²) in [6, 6.07) is 8.33. The maximum Gasteiger partial charge on any atom is 0.210 e. The molecule has 3 aromatic heterocycles. The Hall–Kier alpha value is -3.88. The topological polar surface area (TPSA) is 93.8 Å². The van der Waals surface area contributed by atoms with Crippen LogP contribution in [0.1, 0.15) is 22.7 Å². The minimum absolute atomic E-state index is 0.0452. The Morgan fingerprint density at radius 2 is 1.97 bits per heavy atom. The first-order valence-electron chi connectivity index (χ1n) is 9.94. The van der Waals surface area contributed by atoms with Crippen molar-refractivity contribution in [2.45, 2.75) is 19.4 Å². The highest BCUT2D eigenvalue weighted by Crippen LogP contribution is 2.42. The van der Waals surface area contributed by atoms with E-state index in [0.717, 1.165) is 16.7 Å². The third-order valence-electron chi connectivity index (χ3n) is 5.88. The average molecular weight is 419 g/mol. The van der Waals surface area contributed by atoms with Crippen LogP contribution in [-0.4, -0.2) is 37.9 Å². The zero-order chi connectivity index (χ0) is 21.1. The molecule has 0 bridgehead atoms. The number of halogens is 1. The molecule has 9 heteroatoms. The van der Waals surface area contributed by atoms with Crippen LogP contribution in [-0.2, 0) is 6.54 Å². The second-order valence-electron chi connectivity index (χ2n) is 7.71. The van der Waals surface area contributed by atoms with E-state index < -0.39 is 0 Å². The van der Waals surface area contributed by atoms with Crippen molar-refractivity contribution in [3.63, 3.8) is 0 Å². The molecule has 1 aromatic carbocycles. The molecule has 2 aliphatic rings. The number of nitrogens with zero attached hydrogens (tertiary/aromatic N) is 4. The van der Waals surface area contributed by atoms with E-state index in [9.17, 15) is 9.50 Å². The fourth-order valence-corrected chi connectivity index (χ4v) is 4.42. The quantitative estimate of drug-likeness (QED) is 0.488. The number of benzene rings is 1. The summed E-state index contributed by atoms with van der Waals surface area (Å²) in [5.74, 6) is 1.57. The van der Waals surface area contributed by atoms with Gasteiger partial charge >= 0.3 is 0 Å². The number of aryl methyl sites for hydroxylation is 1. The standard InChI is InChI=1S/C22H18FN5O3/c1-11-13(2-5-19(29)26-11)14-6-18-22(28-10-25-27-21(14)28)24-7-15-16(23)3-4-17-20(15)12(8-30-17)9-31-18/h2-6,10,12,24H,7-9H2,1H3,(H,26,29)/t12-/m0/s1. The Morgan fingerprint density at radius 3 is 2.81 bits per heavy atom. The first-order chi connectivity index (χ1) is 15.1. The Morgan fingerprint density at radius 1 is 1.13 bits per heavy atom. The first kappa shape index (κ1) is 17.9. The van der Waals surface area contributed by atoms with Gasteiger partial charge in [-0.15, -0.1) is 10.2 Å². The Kier molecular flexibility index (Phi) is 3.80. The molecule has 0 fully saturated rings. The zero-order valence-electron chi connectivity index (χ0n) is 16.6. The lowest BCUT2D eigenvalue weighted by Gasteiger charge is -2.17. The minimum Gasteiger partial charge on any atom is -0.493 e. The van der Waals surface area contributed by atoms with E-state index in [-0.39, 0.29) is 24.2 Å². The van der Waals surface area contributed by atoms with Gasteiger partial charge in [-0.3, -0.25) is 4.40 Å². The van der Waals surface area contributed by atoms with Gasteiger partial charge in [0.15, 0.2) is 17.2 Å². The molecular weight excluding hydrogens is 401 g/mol. The van der Waals surface area contributed by atoms with E-state index in [1.54, 1.807) is 22.9 Å². The van der Waals surface area contributed by atoms with Crippen molar-refractivity contribution in [2.24, 2.45) is 0 Å². The van der Waals surface area contributed by atoms with Gasteiger partial charge in [-0.1, -0.05) is 0 Å². The first-order valence-corrected chi connectivity index (χ1v) is 9.94. The number of aromatic hydroxyl groups is 1. The van der Waals surface area contributed by atoms with Crippen LogP contribution in [0.4, 0.5) is 10.2 Å². The predicted octanol–water partition coefficient (Wildman–Crippen LogP) is 3.42. The summed E-state index contributed by atoms with van der Waals surface area (Å²) >= 11 is 0. The van der Waals surface area contributed by atoms with Gasteiger partial charge < -0.3 is 19.9 Å². The van der Waals surface area contributed by atoms with Crippen molar-refractivity contribution >= 4 is 11.5 Å². The largest absolute Gasteiger partial charge is 0.493 e. The molecule has 5 heterocycles. The van der Waals surface area contributed by atoms with Crippen LogP contribution in [0.3, 0.4) is 0 Å². The molecule has 0 aliphatic carbocycles. The van der Waals surface area contributed by atoms with Gasteiger partial charge in [0.25, 0.3) is 0 Å². The van der Waals surface area contributed by atoms with Gasteiger partial charge in [0.2, 0.25) is 5.88 Å². The van der Waals surface area contributed by atoms with Gasteiger partial charge in [-0.2, -0.15) is 0 Å². The van der Waals surface area contributed by atoms with Gasteiger partial charge in [0, 0.05) is 40.6 Å². The van der Waals surface area contributed by atoms with Crippen molar-refractivity contribution in [1.29, 1.82) is 0 Å². The fourth-order valence-electron chi connectivity index (χ4n) is 4.42. The molecule has 1 atom stereocenters. The maximum absolute atomic E-state index is 14.7. The van der Waals surface area contributed by atoms with Gasteiger partial charge in [-0.25, -0.2) is 9.37 Å². The molecule has 6 rings (SSSR count). The normalized spacial score (nSPS) is 16.9. The Balaban J connectivity index is 1.53. The number of rotatable bonds is 1. The molecule has 0 unspecified atom stereocenters. The smallest absolute Gasteiger partial charge is 0.210 e. The van der Waals surface area contributed by atoms with Gasteiger partial charge in [0.1, 0.15) is 17.9 Å². The van der Waals surface area contributed by atoms with Crippen molar-refractivity contribution in [1.82, 2.24) is 19.6 Å². The maximum atomic E-state index is 14.7. The van der Waals surface area contributed by atoms with Crippen LogP contribution in [0.2, 0.25) is 0 Å². The summed E-state index contributed by atoms with van der Waals surface area (Å²) in [4.78, 5) is 4.15. The molecule has 156 valence electrons. The molecule has 0 radical (unpaired) electrons.